The van der Waals surface area contributed by atoms with Crippen LogP contribution in [0.4, 0.5) is 5.69 Å². The Morgan fingerprint density at radius 2 is 1.50 bits per heavy atom. The predicted octanol–water partition coefficient (Wildman–Crippen LogP) is 6.36. The van der Waals surface area contributed by atoms with E-state index in [4.69, 9.17) is 16.6 Å². The largest absolute Gasteiger partial charge is 0.356 e. The molecular weight excluding hydrogens is 364 g/mol. The predicted molar refractivity (Wildman–Crippen MR) is 116 cm³/mol. The van der Waals surface area contributed by atoms with Crippen molar-refractivity contribution < 1.29 is 0 Å². The minimum absolute atomic E-state index is 0.0200. The van der Waals surface area contributed by atoms with Crippen LogP contribution < -0.4 is 0 Å². The minimum atomic E-state index is 0.0200. The van der Waals surface area contributed by atoms with Gasteiger partial charge in [-0.1, -0.05) is 78.3 Å². The molecule has 0 saturated carbocycles. The molecule has 5 rings (SSSR count). The van der Waals surface area contributed by atoms with E-state index in [1.54, 1.807) is 0 Å². The molecule has 3 heteroatoms. The van der Waals surface area contributed by atoms with E-state index in [0.717, 1.165) is 43.1 Å². The second-order valence-corrected chi connectivity index (χ2v) is 8.22. The maximum atomic E-state index is 6.21. The second-order valence-electron chi connectivity index (χ2n) is 7.79. The number of aliphatic imine (C=N–C) groups is 1. The first-order valence-electron chi connectivity index (χ1n) is 9.97. The van der Waals surface area contributed by atoms with E-state index in [9.17, 15) is 0 Å². The fraction of sp³-hybridized carbons (Fsp3) is 0.240. The van der Waals surface area contributed by atoms with E-state index < -0.39 is 0 Å². The van der Waals surface area contributed by atoms with E-state index in [0.29, 0.717) is 0 Å². The molecule has 3 aromatic carbocycles. The Bertz CT molecular complexity index is 972. The number of hydrogen-bond donors (Lipinski definition) is 0. The van der Waals surface area contributed by atoms with Gasteiger partial charge >= 0.3 is 0 Å². The van der Waals surface area contributed by atoms with Gasteiger partial charge in [0.1, 0.15) is 5.84 Å². The third-order valence-electron chi connectivity index (χ3n) is 6.26. The zero-order chi connectivity index (χ0) is 19.0. The lowest BCUT2D eigenvalue weighted by Crippen LogP contribution is -2.33. The highest BCUT2D eigenvalue weighted by atomic mass is 35.5. The van der Waals surface area contributed by atoms with Crippen molar-refractivity contribution in [3.05, 3.63) is 101 Å². The molecule has 2 heterocycles. The van der Waals surface area contributed by atoms with Crippen LogP contribution in [0.2, 0.25) is 5.02 Å². The van der Waals surface area contributed by atoms with E-state index >= 15 is 0 Å². The topological polar surface area (TPSA) is 15.6 Å². The Morgan fingerprint density at radius 1 is 0.821 bits per heavy atom. The molecular formula is C25H23ClN2. The van der Waals surface area contributed by atoms with Crippen molar-refractivity contribution >= 4 is 23.1 Å². The average Bonchev–Trinajstić information content (AvgIpc) is 2.94. The third kappa shape index (κ3) is 3.02. The number of amidine groups is 1. The fourth-order valence-electron chi connectivity index (χ4n) is 4.74. The van der Waals surface area contributed by atoms with Gasteiger partial charge in [-0.3, -0.25) is 0 Å². The van der Waals surface area contributed by atoms with Gasteiger partial charge in [0.05, 0.1) is 5.69 Å². The number of rotatable bonds is 2. The second kappa shape index (κ2) is 7.10. The lowest BCUT2D eigenvalue weighted by Gasteiger charge is -2.34. The van der Waals surface area contributed by atoms with E-state index in [1.807, 2.05) is 12.1 Å². The van der Waals surface area contributed by atoms with Crippen molar-refractivity contribution in [2.75, 3.05) is 6.54 Å². The Labute approximate surface area is 171 Å². The molecule has 0 N–H and O–H groups in total. The van der Waals surface area contributed by atoms with Gasteiger partial charge in [0.25, 0.3) is 0 Å². The SMILES string of the molecule is Clc1ccc2c(c1)N=C1CCC(c3ccccc3)(c3ccccc3)CCN1C2. The molecule has 2 aliphatic heterocycles. The highest BCUT2D eigenvalue weighted by molar-refractivity contribution is 6.30. The van der Waals surface area contributed by atoms with Crippen LogP contribution in [0.5, 0.6) is 0 Å². The number of halogens is 1. The van der Waals surface area contributed by atoms with Crippen LogP contribution in [0.25, 0.3) is 0 Å². The van der Waals surface area contributed by atoms with Crippen molar-refractivity contribution in [1.29, 1.82) is 0 Å². The molecule has 2 nitrogen and oxygen atoms in total. The van der Waals surface area contributed by atoms with Gasteiger partial charge in [0, 0.05) is 29.9 Å². The van der Waals surface area contributed by atoms with Crippen LogP contribution in [-0.2, 0) is 12.0 Å². The van der Waals surface area contributed by atoms with Crippen LogP contribution in [0, 0.1) is 0 Å². The lowest BCUT2D eigenvalue weighted by atomic mass is 9.69. The van der Waals surface area contributed by atoms with Gasteiger partial charge in [-0.05, 0) is 41.7 Å². The van der Waals surface area contributed by atoms with Gasteiger partial charge in [0.2, 0.25) is 0 Å². The van der Waals surface area contributed by atoms with Gasteiger partial charge in [-0.15, -0.1) is 0 Å². The number of fused-ring (bicyclic) bond motifs is 2. The minimum Gasteiger partial charge on any atom is -0.356 e. The molecule has 1 saturated heterocycles. The molecule has 0 radical (unpaired) electrons. The quantitative estimate of drug-likeness (QED) is 0.500. The van der Waals surface area contributed by atoms with Crippen molar-refractivity contribution in [1.82, 2.24) is 4.90 Å². The summed E-state index contributed by atoms with van der Waals surface area (Å²) in [5, 5.41) is 0.757. The Balaban J connectivity index is 1.56. The van der Waals surface area contributed by atoms with E-state index in [1.165, 1.54) is 22.5 Å². The first-order valence-corrected chi connectivity index (χ1v) is 10.3. The van der Waals surface area contributed by atoms with Crippen molar-refractivity contribution in [2.24, 2.45) is 4.99 Å². The molecule has 0 amide bonds. The van der Waals surface area contributed by atoms with Crippen LogP contribution in [-0.4, -0.2) is 17.3 Å². The summed E-state index contributed by atoms with van der Waals surface area (Å²) < 4.78 is 0. The van der Waals surface area contributed by atoms with Gasteiger partial charge in [-0.25, -0.2) is 4.99 Å². The maximum Gasteiger partial charge on any atom is 0.105 e. The molecule has 2 aliphatic rings. The summed E-state index contributed by atoms with van der Waals surface area (Å²) in [5.41, 5.74) is 5.13. The van der Waals surface area contributed by atoms with Crippen LogP contribution in [0.3, 0.4) is 0 Å². The summed E-state index contributed by atoms with van der Waals surface area (Å²) in [6, 6.07) is 28.1. The molecule has 0 unspecified atom stereocenters. The fourth-order valence-corrected chi connectivity index (χ4v) is 4.90. The summed E-state index contributed by atoms with van der Waals surface area (Å²) >= 11 is 6.21. The van der Waals surface area contributed by atoms with Crippen molar-refractivity contribution in [2.45, 2.75) is 31.2 Å². The summed E-state index contributed by atoms with van der Waals surface area (Å²) in [7, 11) is 0. The van der Waals surface area contributed by atoms with Crippen molar-refractivity contribution in [3.63, 3.8) is 0 Å². The smallest absolute Gasteiger partial charge is 0.105 e. The first kappa shape index (κ1) is 17.5. The van der Waals surface area contributed by atoms with Crippen molar-refractivity contribution in [3.8, 4) is 0 Å². The first-order chi connectivity index (χ1) is 13.7. The van der Waals surface area contributed by atoms with Crippen LogP contribution in [0.15, 0.2) is 83.9 Å². The molecule has 28 heavy (non-hydrogen) atoms. The molecule has 1 fully saturated rings. The summed E-state index contributed by atoms with van der Waals surface area (Å²) in [4.78, 5) is 7.46. The van der Waals surface area contributed by atoms with Crippen LogP contribution >= 0.6 is 11.6 Å². The van der Waals surface area contributed by atoms with Gasteiger partial charge in [0.15, 0.2) is 0 Å². The average molecular weight is 387 g/mol. The zero-order valence-electron chi connectivity index (χ0n) is 15.8. The molecule has 0 spiro atoms. The molecule has 0 aliphatic carbocycles. The van der Waals surface area contributed by atoms with E-state index in [2.05, 4.69) is 71.6 Å². The van der Waals surface area contributed by atoms with E-state index in [-0.39, 0.29) is 5.41 Å². The molecule has 0 bridgehead atoms. The molecule has 0 aromatic heterocycles. The molecule has 140 valence electrons. The number of hydrogen-bond acceptors (Lipinski definition) is 2. The Morgan fingerprint density at radius 3 is 2.18 bits per heavy atom. The number of benzene rings is 3. The van der Waals surface area contributed by atoms with Crippen LogP contribution in [0.1, 0.15) is 36.0 Å². The Kier molecular flexibility index (Phi) is 4.44. The highest BCUT2D eigenvalue weighted by Gasteiger charge is 2.38. The zero-order valence-corrected chi connectivity index (χ0v) is 16.6. The summed E-state index contributed by atoms with van der Waals surface area (Å²) in [6.45, 7) is 1.93. The lowest BCUT2D eigenvalue weighted by molar-refractivity contribution is 0.364. The maximum absolute atomic E-state index is 6.21. The number of nitrogens with zero attached hydrogens (tertiary/aromatic N) is 2. The Hall–Kier alpha value is -2.58. The van der Waals surface area contributed by atoms with Gasteiger partial charge < -0.3 is 4.90 Å². The third-order valence-corrected chi connectivity index (χ3v) is 6.49. The highest BCUT2D eigenvalue weighted by Crippen LogP contribution is 2.43. The summed E-state index contributed by atoms with van der Waals surface area (Å²) in [6.07, 6.45) is 3.12. The molecule has 0 atom stereocenters. The molecule has 3 aromatic rings. The monoisotopic (exact) mass is 386 g/mol. The normalized spacial score (nSPS) is 17.9. The van der Waals surface area contributed by atoms with Gasteiger partial charge in [-0.2, -0.15) is 0 Å². The standard InChI is InChI=1S/C25H23ClN2/c26-22-12-11-19-18-28-16-15-25(20-7-3-1-4-8-20,21-9-5-2-6-10-21)14-13-24(28)27-23(19)17-22/h1-12,17H,13-16,18H2. The summed E-state index contributed by atoms with van der Waals surface area (Å²) in [5.74, 6) is 1.20.